The first-order valence-electron chi connectivity index (χ1n) is 4.49. The van der Waals surface area contributed by atoms with Crippen LogP contribution in [0, 0.1) is 0 Å². The van der Waals surface area contributed by atoms with Gasteiger partial charge >= 0.3 is 0 Å². The molecule has 1 aromatic carbocycles. The summed E-state index contributed by atoms with van der Waals surface area (Å²) in [6, 6.07) is 4.76. The lowest BCUT2D eigenvalue weighted by atomic mass is 9.69. The highest BCUT2D eigenvalue weighted by atomic mass is 79.9. The predicted molar refractivity (Wildman–Crippen MR) is 55.9 cm³/mol. The topological polar surface area (TPSA) is 46.2 Å². The Morgan fingerprint density at radius 1 is 1.33 bits per heavy atom. The minimum Gasteiger partial charge on any atom is -0.508 e. The van der Waals surface area contributed by atoms with Crippen molar-refractivity contribution in [3.8, 4) is 5.75 Å². The minimum atomic E-state index is -2.71. The number of aromatic hydroxyl groups is 1. The largest absolute Gasteiger partial charge is 0.508 e. The van der Waals surface area contributed by atoms with Crippen molar-refractivity contribution in [1.29, 1.82) is 0 Å². The molecule has 0 unspecified atom stereocenters. The molecule has 0 amide bonds. The zero-order valence-corrected chi connectivity index (χ0v) is 9.39. The number of hydrogen-bond acceptors (Lipinski definition) is 2. The van der Waals surface area contributed by atoms with Gasteiger partial charge in [-0.2, -0.15) is 0 Å². The summed E-state index contributed by atoms with van der Waals surface area (Å²) in [4.78, 5) is 0. The Bertz CT molecular complexity index is 380. The van der Waals surface area contributed by atoms with Crippen LogP contribution in [0.4, 0.5) is 8.78 Å². The van der Waals surface area contributed by atoms with Crippen molar-refractivity contribution in [1.82, 2.24) is 0 Å². The van der Waals surface area contributed by atoms with Gasteiger partial charge in [-0.3, -0.25) is 0 Å². The summed E-state index contributed by atoms with van der Waals surface area (Å²) in [6.07, 6.45) is -0.841. The van der Waals surface area contributed by atoms with Crippen LogP contribution in [0.3, 0.4) is 0 Å². The van der Waals surface area contributed by atoms with Gasteiger partial charge < -0.3 is 10.8 Å². The van der Waals surface area contributed by atoms with E-state index in [0.29, 0.717) is 10.0 Å². The fourth-order valence-corrected chi connectivity index (χ4v) is 2.80. The highest BCUT2D eigenvalue weighted by Crippen LogP contribution is 2.53. The number of alkyl halides is 2. The van der Waals surface area contributed by atoms with Gasteiger partial charge in [-0.15, -0.1) is 0 Å². The molecule has 0 bridgehead atoms. The summed E-state index contributed by atoms with van der Waals surface area (Å²) in [5.74, 6) is -2.75. The summed E-state index contributed by atoms with van der Waals surface area (Å²) < 4.78 is 26.2. The quantitative estimate of drug-likeness (QED) is 0.829. The van der Waals surface area contributed by atoms with Gasteiger partial charge in [-0.1, -0.05) is 22.0 Å². The molecule has 0 aliphatic heterocycles. The van der Waals surface area contributed by atoms with Crippen molar-refractivity contribution in [2.45, 2.75) is 24.3 Å². The highest BCUT2D eigenvalue weighted by molar-refractivity contribution is 9.10. The van der Waals surface area contributed by atoms with E-state index >= 15 is 0 Å². The van der Waals surface area contributed by atoms with E-state index in [1.807, 2.05) is 0 Å². The zero-order chi connectivity index (χ0) is 11.3. The second kappa shape index (κ2) is 3.15. The van der Waals surface area contributed by atoms with E-state index in [-0.39, 0.29) is 5.75 Å². The van der Waals surface area contributed by atoms with Crippen LogP contribution in [-0.4, -0.2) is 11.0 Å². The van der Waals surface area contributed by atoms with E-state index in [0.717, 1.165) is 0 Å². The number of phenolic OH excluding ortho intramolecular Hbond substituents is 1. The fourth-order valence-electron chi connectivity index (χ4n) is 2.05. The molecule has 0 spiro atoms. The van der Waals surface area contributed by atoms with E-state index in [1.54, 1.807) is 12.1 Å². The highest BCUT2D eigenvalue weighted by Gasteiger charge is 2.56. The molecular formula is C10H10BrF2NO. The van der Waals surface area contributed by atoms with Crippen LogP contribution >= 0.6 is 15.9 Å². The van der Waals surface area contributed by atoms with Crippen molar-refractivity contribution in [3.63, 3.8) is 0 Å². The Labute approximate surface area is 94.2 Å². The van der Waals surface area contributed by atoms with Gasteiger partial charge in [0.05, 0.1) is 5.54 Å². The Morgan fingerprint density at radius 3 is 2.40 bits per heavy atom. The van der Waals surface area contributed by atoms with Gasteiger partial charge in [0.1, 0.15) is 5.75 Å². The molecule has 1 saturated carbocycles. The molecule has 0 radical (unpaired) electrons. The third-order valence-corrected chi connectivity index (χ3v) is 3.30. The lowest BCUT2D eigenvalue weighted by molar-refractivity contribution is -0.125. The van der Waals surface area contributed by atoms with Gasteiger partial charge in [-0.05, 0) is 12.1 Å². The fraction of sp³-hybridized carbons (Fsp3) is 0.400. The molecule has 1 aliphatic rings. The molecule has 2 rings (SSSR count). The molecule has 5 heteroatoms. The normalized spacial score (nSPS) is 22.1. The average Bonchev–Trinajstić information content (AvgIpc) is 1.98. The summed E-state index contributed by atoms with van der Waals surface area (Å²) in [7, 11) is 0. The monoisotopic (exact) mass is 277 g/mol. The standard InChI is InChI=1S/C10H10BrF2NO/c11-6-2-1-3-7(15)8(6)9(14)4-10(12,13)5-9/h1-3,15H,4-5,14H2. The van der Waals surface area contributed by atoms with Gasteiger partial charge in [-0.25, -0.2) is 8.78 Å². The number of phenols is 1. The second-order valence-electron chi connectivity index (χ2n) is 4.00. The Morgan fingerprint density at radius 2 is 1.93 bits per heavy atom. The summed E-state index contributed by atoms with van der Waals surface area (Å²) in [5, 5.41) is 9.61. The van der Waals surface area contributed by atoms with Crippen molar-refractivity contribution in [2.75, 3.05) is 0 Å². The van der Waals surface area contributed by atoms with E-state index in [2.05, 4.69) is 15.9 Å². The van der Waals surface area contributed by atoms with Crippen LogP contribution in [0.15, 0.2) is 22.7 Å². The first-order valence-corrected chi connectivity index (χ1v) is 5.28. The van der Waals surface area contributed by atoms with Crippen LogP contribution in [0.2, 0.25) is 0 Å². The van der Waals surface area contributed by atoms with Gasteiger partial charge in [0.25, 0.3) is 5.92 Å². The van der Waals surface area contributed by atoms with Crippen molar-refractivity contribution in [2.24, 2.45) is 5.73 Å². The zero-order valence-electron chi connectivity index (χ0n) is 7.80. The SMILES string of the molecule is NC1(c2c(O)cccc2Br)CC(F)(F)C1. The minimum absolute atomic E-state index is 0.0395. The molecular weight excluding hydrogens is 268 g/mol. The molecule has 1 aromatic rings. The van der Waals surface area contributed by atoms with Crippen LogP contribution in [0.5, 0.6) is 5.75 Å². The number of rotatable bonds is 1. The summed E-state index contributed by atoms with van der Waals surface area (Å²) in [5.41, 5.74) is 5.09. The Balaban J connectivity index is 2.39. The van der Waals surface area contributed by atoms with Gasteiger partial charge in [0, 0.05) is 22.9 Å². The molecule has 0 saturated heterocycles. The van der Waals surface area contributed by atoms with Crippen LogP contribution in [0.25, 0.3) is 0 Å². The predicted octanol–water partition coefficient (Wildman–Crippen LogP) is 2.74. The molecule has 82 valence electrons. The van der Waals surface area contributed by atoms with Crippen LogP contribution < -0.4 is 5.73 Å². The number of benzene rings is 1. The lowest BCUT2D eigenvalue weighted by Gasteiger charge is -2.45. The lowest BCUT2D eigenvalue weighted by Crippen LogP contribution is -2.55. The van der Waals surface area contributed by atoms with E-state index in [1.165, 1.54) is 6.07 Å². The van der Waals surface area contributed by atoms with Crippen LogP contribution in [-0.2, 0) is 5.54 Å². The first-order chi connectivity index (χ1) is 6.84. The van der Waals surface area contributed by atoms with Crippen molar-refractivity contribution < 1.29 is 13.9 Å². The third kappa shape index (κ3) is 1.74. The number of hydrogen-bond donors (Lipinski definition) is 2. The molecule has 2 nitrogen and oxygen atoms in total. The average molecular weight is 278 g/mol. The maximum Gasteiger partial charge on any atom is 0.252 e. The Hall–Kier alpha value is -0.680. The summed E-state index contributed by atoms with van der Waals surface area (Å²) in [6.45, 7) is 0. The van der Waals surface area contributed by atoms with Crippen molar-refractivity contribution >= 4 is 15.9 Å². The van der Waals surface area contributed by atoms with Crippen molar-refractivity contribution in [3.05, 3.63) is 28.2 Å². The molecule has 3 N–H and O–H groups in total. The van der Waals surface area contributed by atoms with Gasteiger partial charge in [0.15, 0.2) is 0 Å². The number of nitrogens with two attached hydrogens (primary N) is 1. The molecule has 0 heterocycles. The third-order valence-electron chi connectivity index (χ3n) is 2.64. The van der Waals surface area contributed by atoms with E-state index in [9.17, 15) is 13.9 Å². The smallest absolute Gasteiger partial charge is 0.252 e. The second-order valence-corrected chi connectivity index (χ2v) is 4.85. The summed E-state index contributed by atoms with van der Waals surface area (Å²) >= 11 is 3.21. The van der Waals surface area contributed by atoms with E-state index in [4.69, 9.17) is 5.73 Å². The molecule has 1 aliphatic carbocycles. The molecule has 15 heavy (non-hydrogen) atoms. The Kier molecular flexibility index (Phi) is 2.28. The van der Waals surface area contributed by atoms with Gasteiger partial charge in [0.2, 0.25) is 0 Å². The molecule has 0 atom stereocenters. The van der Waals surface area contributed by atoms with Crippen LogP contribution in [0.1, 0.15) is 18.4 Å². The first kappa shape index (κ1) is 10.8. The number of halogens is 3. The molecule has 0 aromatic heterocycles. The molecule has 1 fully saturated rings. The van der Waals surface area contributed by atoms with E-state index < -0.39 is 24.3 Å². The maximum absolute atomic E-state index is 12.8. The maximum atomic E-state index is 12.8.